The van der Waals surface area contributed by atoms with Gasteiger partial charge in [-0.15, -0.1) is 0 Å². The Morgan fingerprint density at radius 2 is 1.89 bits per heavy atom. The molecule has 1 amide bonds. The van der Waals surface area contributed by atoms with E-state index in [1.54, 1.807) is 14.2 Å². The van der Waals surface area contributed by atoms with Crippen molar-refractivity contribution < 1.29 is 14.3 Å². The van der Waals surface area contributed by atoms with Gasteiger partial charge in [-0.05, 0) is 36.8 Å². The number of anilines is 1. The molecule has 0 bridgehead atoms. The van der Waals surface area contributed by atoms with Crippen molar-refractivity contribution in [3.05, 3.63) is 59.2 Å². The summed E-state index contributed by atoms with van der Waals surface area (Å²) in [6.45, 7) is 6.83. The van der Waals surface area contributed by atoms with Crippen LogP contribution in [0.3, 0.4) is 0 Å². The molecule has 0 saturated carbocycles. The molecule has 5 nitrogen and oxygen atoms in total. The predicted molar refractivity (Wildman–Crippen MR) is 111 cm³/mol. The van der Waals surface area contributed by atoms with Crippen LogP contribution in [0.2, 0.25) is 0 Å². The van der Waals surface area contributed by atoms with E-state index in [0.717, 1.165) is 22.7 Å². The number of nitrogens with zero attached hydrogens (tertiary/aromatic N) is 1. The van der Waals surface area contributed by atoms with E-state index in [9.17, 15) is 4.79 Å². The van der Waals surface area contributed by atoms with Gasteiger partial charge in [0.05, 0.1) is 20.8 Å². The molecule has 0 unspecified atom stereocenters. The third-order valence-electron chi connectivity index (χ3n) is 6.07. The summed E-state index contributed by atoms with van der Waals surface area (Å²) in [6, 6.07) is 12.2. The minimum Gasteiger partial charge on any atom is -0.497 e. The second kappa shape index (κ2) is 6.30. The van der Waals surface area contributed by atoms with Gasteiger partial charge in [-0.25, -0.2) is 0 Å². The Balaban J connectivity index is 1.82. The monoisotopic (exact) mass is 378 g/mol. The topological polar surface area (TPSA) is 50.8 Å². The summed E-state index contributed by atoms with van der Waals surface area (Å²) in [5, 5.41) is 3.25. The van der Waals surface area contributed by atoms with Gasteiger partial charge in [0.25, 0.3) is 0 Å². The average Bonchev–Trinajstić information content (AvgIpc) is 3.10. The molecule has 0 aliphatic carbocycles. The van der Waals surface area contributed by atoms with Crippen molar-refractivity contribution in [3.8, 4) is 11.5 Å². The zero-order chi connectivity index (χ0) is 20.1. The molecule has 1 saturated heterocycles. The van der Waals surface area contributed by atoms with Gasteiger partial charge in [0.2, 0.25) is 5.91 Å². The molecule has 5 heteroatoms. The van der Waals surface area contributed by atoms with Crippen molar-refractivity contribution in [3.63, 3.8) is 0 Å². The number of benzene rings is 2. The number of ether oxygens (including phenoxy) is 2. The van der Waals surface area contributed by atoms with E-state index < -0.39 is 5.66 Å². The minimum atomic E-state index is -0.620. The lowest BCUT2D eigenvalue weighted by atomic mass is 9.75. The van der Waals surface area contributed by atoms with Crippen molar-refractivity contribution in [2.45, 2.75) is 31.8 Å². The first-order valence-electron chi connectivity index (χ1n) is 9.43. The average molecular weight is 378 g/mol. The molecule has 1 fully saturated rings. The van der Waals surface area contributed by atoms with Crippen molar-refractivity contribution in [1.29, 1.82) is 0 Å². The molecule has 146 valence electrons. The van der Waals surface area contributed by atoms with Crippen LogP contribution in [0.25, 0.3) is 6.08 Å². The van der Waals surface area contributed by atoms with Crippen LogP contribution in [-0.4, -0.2) is 32.3 Å². The minimum absolute atomic E-state index is 0.0330. The highest BCUT2D eigenvalue weighted by atomic mass is 16.5. The fraction of sp³-hybridized carbons (Fsp3) is 0.348. The number of fused-ring (bicyclic) bond motifs is 3. The number of methoxy groups -OCH3 is 2. The van der Waals surface area contributed by atoms with Crippen LogP contribution in [0.5, 0.6) is 11.5 Å². The SMILES string of the molecule is COc1ccc(C=C[C@]23NC(=O)CN2c2ccc(C)cc2C3(C)C)c(OC)c1. The number of hydrogen-bond donors (Lipinski definition) is 1. The summed E-state index contributed by atoms with van der Waals surface area (Å²) >= 11 is 0. The van der Waals surface area contributed by atoms with E-state index in [-0.39, 0.29) is 11.3 Å². The third kappa shape index (κ3) is 2.49. The van der Waals surface area contributed by atoms with Crippen molar-refractivity contribution >= 4 is 17.7 Å². The van der Waals surface area contributed by atoms with Gasteiger partial charge in [-0.2, -0.15) is 0 Å². The van der Waals surface area contributed by atoms with Crippen molar-refractivity contribution in [2.24, 2.45) is 0 Å². The number of carbonyl (C=O) groups is 1. The van der Waals surface area contributed by atoms with E-state index in [1.807, 2.05) is 24.3 Å². The molecular formula is C23H26N2O3. The molecule has 2 aliphatic rings. The number of rotatable bonds is 4. The first-order valence-corrected chi connectivity index (χ1v) is 9.43. The highest BCUT2D eigenvalue weighted by Gasteiger charge is 2.59. The quantitative estimate of drug-likeness (QED) is 0.882. The number of nitrogens with one attached hydrogen (secondary N) is 1. The lowest BCUT2D eigenvalue weighted by molar-refractivity contribution is -0.118. The Bertz CT molecular complexity index is 980. The molecule has 28 heavy (non-hydrogen) atoms. The molecule has 1 atom stereocenters. The van der Waals surface area contributed by atoms with Crippen LogP contribution in [0, 0.1) is 6.92 Å². The highest BCUT2D eigenvalue weighted by Crippen LogP contribution is 2.53. The molecular weight excluding hydrogens is 352 g/mol. The maximum Gasteiger partial charge on any atom is 0.241 e. The summed E-state index contributed by atoms with van der Waals surface area (Å²) in [4.78, 5) is 14.6. The predicted octanol–water partition coefficient (Wildman–Crippen LogP) is 3.65. The number of aryl methyl sites for hydroxylation is 1. The Morgan fingerprint density at radius 3 is 2.61 bits per heavy atom. The first kappa shape index (κ1) is 18.4. The van der Waals surface area contributed by atoms with E-state index in [1.165, 1.54) is 11.1 Å². The molecule has 4 rings (SSSR count). The second-order valence-corrected chi connectivity index (χ2v) is 7.99. The van der Waals surface area contributed by atoms with Crippen LogP contribution in [0.1, 0.15) is 30.5 Å². The van der Waals surface area contributed by atoms with Gasteiger partial charge >= 0.3 is 0 Å². The fourth-order valence-corrected chi connectivity index (χ4v) is 4.45. The van der Waals surface area contributed by atoms with Gasteiger partial charge in [0, 0.05) is 22.7 Å². The number of hydrogen-bond acceptors (Lipinski definition) is 4. The Labute approximate surface area is 165 Å². The van der Waals surface area contributed by atoms with Gasteiger partial charge in [0.1, 0.15) is 17.2 Å². The summed E-state index contributed by atoms with van der Waals surface area (Å²) in [7, 11) is 3.28. The molecule has 1 N–H and O–H groups in total. The normalized spacial score (nSPS) is 22.2. The number of carbonyl (C=O) groups excluding carboxylic acids is 1. The van der Waals surface area contributed by atoms with Gasteiger partial charge in [0.15, 0.2) is 0 Å². The van der Waals surface area contributed by atoms with Crippen molar-refractivity contribution in [1.82, 2.24) is 5.32 Å². The van der Waals surface area contributed by atoms with Crippen LogP contribution in [0.4, 0.5) is 5.69 Å². The molecule has 2 aromatic rings. The van der Waals surface area contributed by atoms with Gasteiger partial charge in [-0.3, -0.25) is 4.79 Å². The molecule has 0 spiro atoms. The highest BCUT2D eigenvalue weighted by molar-refractivity contribution is 5.91. The standard InChI is InChI=1S/C23H26N2O3/c1-15-6-9-19-18(12-15)22(2,3)23(24-21(26)14-25(19)23)11-10-16-7-8-17(27-4)13-20(16)28-5/h6-13H,14H2,1-5H3,(H,24,26)/t23-/m0/s1. The maximum absolute atomic E-state index is 12.4. The summed E-state index contributed by atoms with van der Waals surface area (Å²) < 4.78 is 10.8. The van der Waals surface area contributed by atoms with E-state index in [2.05, 4.69) is 55.3 Å². The van der Waals surface area contributed by atoms with E-state index in [4.69, 9.17) is 9.47 Å². The molecule has 2 aliphatic heterocycles. The first-order chi connectivity index (χ1) is 13.3. The molecule has 0 aromatic heterocycles. The Hall–Kier alpha value is -2.95. The lowest BCUT2D eigenvalue weighted by Crippen LogP contribution is -2.58. The molecule has 0 radical (unpaired) electrons. The van der Waals surface area contributed by atoms with Crippen LogP contribution in [0.15, 0.2) is 42.5 Å². The van der Waals surface area contributed by atoms with Crippen LogP contribution in [-0.2, 0) is 10.2 Å². The largest absolute Gasteiger partial charge is 0.497 e. The summed E-state index contributed by atoms with van der Waals surface area (Å²) in [5.74, 6) is 1.50. The van der Waals surface area contributed by atoms with Gasteiger partial charge in [-0.1, -0.05) is 37.6 Å². The Kier molecular flexibility index (Phi) is 4.14. The Morgan fingerprint density at radius 1 is 1.11 bits per heavy atom. The third-order valence-corrected chi connectivity index (χ3v) is 6.07. The zero-order valence-corrected chi connectivity index (χ0v) is 17.0. The fourth-order valence-electron chi connectivity index (χ4n) is 4.45. The van der Waals surface area contributed by atoms with E-state index in [0.29, 0.717) is 6.54 Å². The maximum atomic E-state index is 12.4. The number of amides is 1. The lowest BCUT2D eigenvalue weighted by Gasteiger charge is -2.40. The summed E-state index contributed by atoms with van der Waals surface area (Å²) in [5.41, 5.74) is 3.60. The van der Waals surface area contributed by atoms with Crippen LogP contribution >= 0.6 is 0 Å². The van der Waals surface area contributed by atoms with Crippen LogP contribution < -0.4 is 19.7 Å². The van der Waals surface area contributed by atoms with Crippen molar-refractivity contribution in [2.75, 3.05) is 25.7 Å². The van der Waals surface area contributed by atoms with E-state index >= 15 is 0 Å². The molecule has 2 heterocycles. The second-order valence-electron chi connectivity index (χ2n) is 7.99. The summed E-state index contributed by atoms with van der Waals surface area (Å²) in [6.07, 6.45) is 4.12. The zero-order valence-electron chi connectivity index (χ0n) is 17.0. The van der Waals surface area contributed by atoms with Gasteiger partial charge < -0.3 is 19.7 Å². The smallest absolute Gasteiger partial charge is 0.241 e. The molecule has 2 aromatic carbocycles.